The number of anilines is 1. The molecule has 5 heteroatoms. The first-order valence-corrected chi connectivity index (χ1v) is 8.97. The zero-order chi connectivity index (χ0) is 16.9. The van der Waals surface area contributed by atoms with Crippen LogP contribution < -0.4 is 4.90 Å². The number of aromatic nitrogens is 3. The van der Waals surface area contributed by atoms with E-state index in [9.17, 15) is 0 Å². The fourth-order valence-electron chi connectivity index (χ4n) is 3.58. The molecule has 3 heterocycles. The highest BCUT2D eigenvalue weighted by molar-refractivity contribution is 5.47. The maximum absolute atomic E-state index is 4.69. The first kappa shape index (κ1) is 17.0. The number of piperidine rings is 1. The summed E-state index contributed by atoms with van der Waals surface area (Å²) in [4.78, 5) is 13.7. The zero-order valence-electron chi connectivity index (χ0n) is 15.1. The predicted octanol–water partition coefficient (Wildman–Crippen LogP) is 2.92. The molecular weight excluding hydrogens is 298 g/mol. The first-order chi connectivity index (χ1) is 11.6. The molecule has 1 aliphatic heterocycles. The molecule has 0 amide bonds. The van der Waals surface area contributed by atoms with Crippen LogP contribution in [0.25, 0.3) is 0 Å². The van der Waals surface area contributed by atoms with Crippen LogP contribution in [-0.4, -0.2) is 53.2 Å². The molecule has 2 aromatic heterocycles. The minimum absolute atomic E-state index is 0.515. The van der Waals surface area contributed by atoms with E-state index in [2.05, 4.69) is 58.7 Å². The van der Waals surface area contributed by atoms with Gasteiger partial charge >= 0.3 is 0 Å². The molecule has 3 rings (SSSR count). The molecule has 5 nitrogen and oxygen atoms in total. The van der Waals surface area contributed by atoms with Crippen LogP contribution in [-0.2, 0) is 6.54 Å². The minimum atomic E-state index is 0.515. The van der Waals surface area contributed by atoms with Crippen molar-refractivity contribution in [3.63, 3.8) is 0 Å². The van der Waals surface area contributed by atoms with Gasteiger partial charge in [-0.15, -0.1) is 0 Å². The van der Waals surface area contributed by atoms with Gasteiger partial charge in [0.05, 0.1) is 0 Å². The van der Waals surface area contributed by atoms with Gasteiger partial charge in [0.15, 0.2) is 0 Å². The van der Waals surface area contributed by atoms with Crippen molar-refractivity contribution in [1.82, 2.24) is 19.4 Å². The van der Waals surface area contributed by atoms with Gasteiger partial charge in [0.2, 0.25) is 0 Å². The lowest BCUT2D eigenvalue weighted by Gasteiger charge is -2.34. The molecule has 1 fully saturated rings. The number of hydrogen-bond donors (Lipinski definition) is 0. The molecule has 0 saturated carbocycles. The summed E-state index contributed by atoms with van der Waals surface area (Å²) in [5.41, 5.74) is 2.37. The van der Waals surface area contributed by atoms with Crippen molar-refractivity contribution in [2.45, 2.75) is 38.6 Å². The summed E-state index contributed by atoms with van der Waals surface area (Å²) in [5.74, 6) is 1.77. The molecule has 1 aliphatic rings. The van der Waals surface area contributed by atoms with Gasteiger partial charge in [-0.25, -0.2) is 4.98 Å². The van der Waals surface area contributed by atoms with E-state index in [1.54, 1.807) is 0 Å². The van der Waals surface area contributed by atoms with Crippen molar-refractivity contribution in [3.05, 3.63) is 42.2 Å². The van der Waals surface area contributed by atoms with E-state index in [1.165, 1.54) is 24.4 Å². The molecule has 2 aromatic rings. The van der Waals surface area contributed by atoms with Gasteiger partial charge in [0.1, 0.15) is 5.82 Å². The number of rotatable bonds is 6. The summed E-state index contributed by atoms with van der Waals surface area (Å²) in [7, 11) is 4.26. The molecule has 0 bridgehead atoms. The highest BCUT2D eigenvalue weighted by Crippen LogP contribution is 2.29. The lowest BCUT2D eigenvalue weighted by molar-refractivity contribution is 0.380. The van der Waals surface area contributed by atoms with E-state index >= 15 is 0 Å². The highest BCUT2D eigenvalue weighted by atomic mass is 15.2. The maximum atomic E-state index is 4.69. The van der Waals surface area contributed by atoms with Crippen molar-refractivity contribution in [2.75, 3.05) is 38.6 Å². The van der Waals surface area contributed by atoms with E-state index in [1.807, 2.05) is 12.4 Å². The number of nitrogens with zero attached hydrogens (tertiary/aromatic N) is 5. The van der Waals surface area contributed by atoms with Gasteiger partial charge in [0, 0.05) is 55.5 Å². The molecule has 0 aliphatic carbocycles. The Hall–Kier alpha value is -1.88. The molecule has 130 valence electrons. The van der Waals surface area contributed by atoms with Crippen LogP contribution in [0.15, 0.2) is 30.7 Å². The summed E-state index contributed by atoms with van der Waals surface area (Å²) in [5, 5.41) is 0. The minimum Gasteiger partial charge on any atom is -0.371 e. The van der Waals surface area contributed by atoms with Crippen molar-refractivity contribution in [2.24, 2.45) is 0 Å². The largest absolute Gasteiger partial charge is 0.371 e. The van der Waals surface area contributed by atoms with E-state index in [0.29, 0.717) is 5.92 Å². The third-order valence-corrected chi connectivity index (χ3v) is 4.78. The Kier molecular flexibility index (Phi) is 5.51. The number of pyridine rings is 1. The van der Waals surface area contributed by atoms with Crippen molar-refractivity contribution in [3.8, 4) is 0 Å². The average molecular weight is 327 g/mol. The van der Waals surface area contributed by atoms with Gasteiger partial charge in [0.25, 0.3) is 0 Å². The third kappa shape index (κ3) is 4.15. The van der Waals surface area contributed by atoms with Crippen LogP contribution in [0, 0.1) is 6.92 Å². The quantitative estimate of drug-likeness (QED) is 0.817. The molecule has 0 N–H and O–H groups in total. The molecule has 1 atom stereocenters. The summed E-state index contributed by atoms with van der Waals surface area (Å²) in [6, 6.07) is 4.31. The van der Waals surface area contributed by atoms with E-state index in [0.717, 1.165) is 38.3 Å². The van der Waals surface area contributed by atoms with Crippen molar-refractivity contribution in [1.29, 1.82) is 0 Å². The van der Waals surface area contributed by atoms with Gasteiger partial charge in [-0.3, -0.25) is 4.98 Å². The monoisotopic (exact) mass is 327 g/mol. The Bertz CT molecular complexity index is 649. The van der Waals surface area contributed by atoms with E-state index in [4.69, 9.17) is 4.98 Å². The molecule has 0 aromatic carbocycles. The van der Waals surface area contributed by atoms with E-state index in [-0.39, 0.29) is 0 Å². The Morgan fingerprint density at radius 3 is 2.92 bits per heavy atom. The molecule has 24 heavy (non-hydrogen) atoms. The Balaban J connectivity index is 1.68. The second-order valence-electron chi connectivity index (χ2n) is 7.08. The molecule has 1 saturated heterocycles. The number of imidazole rings is 1. The standard InChI is InChI=1S/C19H29N5/c1-16-14-18(7-8-20-16)24-11-4-6-17(15-24)19-21-9-13-23(19)12-5-10-22(2)3/h7-9,13-14,17H,4-6,10-12,15H2,1-3H3. The lowest BCUT2D eigenvalue weighted by Crippen LogP contribution is -2.35. The van der Waals surface area contributed by atoms with Crippen LogP contribution in [0.1, 0.15) is 36.7 Å². The predicted molar refractivity (Wildman–Crippen MR) is 98.6 cm³/mol. The Morgan fingerprint density at radius 2 is 2.12 bits per heavy atom. The molecule has 0 radical (unpaired) electrons. The van der Waals surface area contributed by atoms with Crippen LogP contribution in [0.4, 0.5) is 5.69 Å². The number of hydrogen-bond acceptors (Lipinski definition) is 4. The van der Waals surface area contributed by atoms with Crippen LogP contribution in [0.3, 0.4) is 0 Å². The van der Waals surface area contributed by atoms with Crippen LogP contribution in [0.5, 0.6) is 0 Å². The molecule has 0 spiro atoms. The summed E-state index contributed by atoms with van der Waals surface area (Å²) in [6.07, 6.45) is 9.62. The first-order valence-electron chi connectivity index (χ1n) is 8.97. The van der Waals surface area contributed by atoms with Crippen molar-refractivity contribution < 1.29 is 0 Å². The zero-order valence-corrected chi connectivity index (χ0v) is 15.1. The van der Waals surface area contributed by atoms with Gasteiger partial charge < -0.3 is 14.4 Å². The fourth-order valence-corrected chi connectivity index (χ4v) is 3.58. The SMILES string of the molecule is Cc1cc(N2CCCC(c3nccn3CCCN(C)C)C2)ccn1. The summed E-state index contributed by atoms with van der Waals surface area (Å²) in [6.45, 7) is 6.40. The van der Waals surface area contributed by atoms with Gasteiger partial charge in [-0.2, -0.15) is 0 Å². The topological polar surface area (TPSA) is 37.2 Å². The maximum Gasteiger partial charge on any atom is 0.113 e. The second-order valence-corrected chi connectivity index (χ2v) is 7.08. The van der Waals surface area contributed by atoms with E-state index < -0.39 is 0 Å². The van der Waals surface area contributed by atoms with Crippen molar-refractivity contribution >= 4 is 5.69 Å². The average Bonchev–Trinajstić information content (AvgIpc) is 3.03. The van der Waals surface area contributed by atoms with Gasteiger partial charge in [-0.1, -0.05) is 0 Å². The van der Waals surface area contributed by atoms with Crippen LogP contribution >= 0.6 is 0 Å². The summed E-state index contributed by atoms with van der Waals surface area (Å²) < 4.78 is 2.36. The lowest BCUT2D eigenvalue weighted by atomic mass is 9.96. The number of aryl methyl sites for hydroxylation is 2. The van der Waals surface area contributed by atoms with Gasteiger partial charge in [-0.05, 0) is 59.0 Å². The fraction of sp³-hybridized carbons (Fsp3) is 0.579. The normalized spacial score (nSPS) is 18.3. The summed E-state index contributed by atoms with van der Waals surface area (Å²) >= 11 is 0. The Labute approximate surface area is 145 Å². The third-order valence-electron chi connectivity index (χ3n) is 4.78. The molecule has 1 unspecified atom stereocenters. The second kappa shape index (κ2) is 7.79. The molecular formula is C19H29N5. The highest BCUT2D eigenvalue weighted by Gasteiger charge is 2.25. The van der Waals surface area contributed by atoms with Crippen LogP contribution in [0.2, 0.25) is 0 Å². The smallest absolute Gasteiger partial charge is 0.113 e. The Morgan fingerprint density at radius 1 is 1.25 bits per heavy atom.